The quantitative estimate of drug-likeness (QED) is 0.801. The molecule has 1 aromatic carbocycles. The van der Waals surface area contributed by atoms with Crippen molar-refractivity contribution in [1.82, 2.24) is 0 Å². The van der Waals surface area contributed by atoms with Crippen LogP contribution in [0.25, 0.3) is 0 Å². The van der Waals surface area contributed by atoms with Gasteiger partial charge in [0.2, 0.25) is 5.91 Å². The highest BCUT2D eigenvalue weighted by atomic mass is 16.5. The highest BCUT2D eigenvalue weighted by Gasteiger charge is 2.47. The Labute approximate surface area is 112 Å². The minimum Gasteiger partial charge on any atom is -0.493 e. The van der Waals surface area contributed by atoms with Crippen LogP contribution in [0.15, 0.2) is 18.2 Å². The summed E-state index contributed by atoms with van der Waals surface area (Å²) in [6.45, 7) is 2.04. The Kier molecular flexibility index (Phi) is 3.66. The largest absolute Gasteiger partial charge is 0.493 e. The molecule has 2 rings (SSSR count). The fourth-order valence-electron chi connectivity index (χ4n) is 2.08. The van der Waals surface area contributed by atoms with Crippen molar-refractivity contribution in [3.05, 3.63) is 23.8 Å². The summed E-state index contributed by atoms with van der Waals surface area (Å²) in [5.41, 5.74) is 11.5. The highest BCUT2D eigenvalue weighted by molar-refractivity contribution is 5.85. The summed E-state index contributed by atoms with van der Waals surface area (Å²) < 4.78 is 10.9. The smallest absolute Gasteiger partial charge is 0.241 e. The molecule has 104 valence electrons. The average Bonchev–Trinajstić information content (AvgIpc) is 3.21. The average molecular weight is 264 g/mol. The van der Waals surface area contributed by atoms with E-state index in [1.54, 1.807) is 7.11 Å². The topological polar surface area (TPSA) is 87.6 Å². The molecule has 0 radical (unpaired) electrons. The number of carbonyl (C=O) groups excluding carboxylic acids is 1. The van der Waals surface area contributed by atoms with Crippen molar-refractivity contribution < 1.29 is 14.3 Å². The number of nitrogens with two attached hydrogens (primary N) is 2. The lowest BCUT2D eigenvalue weighted by atomic mass is 9.95. The van der Waals surface area contributed by atoms with Gasteiger partial charge in [0.05, 0.1) is 7.11 Å². The normalized spacial score (nSPS) is 17.6. The molecule has 1 unspecified atom stereocenters. The van der Waals surface area contributed by atoms with Crippen molar-refractivity contribution in [3.8, 4) is 11.5 Å². The zero-order valence-electron chi connectivity index (χ0n) is 11.3. The van der Waals surface area contributed by atoms with E-state index in [-0.39, 0.29) is 12.5 Å². The van der Waals surface area contributed by atoms with Crippen molar-refractivity contribution in [3.63, 3.8) is 0 Å². The summed E-state index contributed by atoms with van der Waals surface area (Å²) >= 11 is 0. The molecule has 0 bridgehead atoms. The van der Waals surface area contributed by atoms with Crippen LogP contribution in [-0.4, -0.2) is 25.2 Å². The Morgan fingerprint density at radius 1 is 1.42 bits per heavy atom. The van der Waals surface area contributed by atoms with Gasteiger partial charge in [-0.05, 0) is 43.4 Å². The van der Waals surface area contributed by atoms with Crippen LogP contribution in [0.4, 0.5) is 0 Å². The van der Waals surface area contributed by atoms with Gasteiger partial charge in [-0.1, -0.05) is 6.07 Å². The number of amides is 1. The number of ether oxygens (including phenoxy) is 2. The number of primary amides is 1. The van der Waals surface area contributed by atoms with Crippen LogP contribution in [0.1, 0.15) is 18.4 Å². The molecule has 1 aromatic rings. The number of carbonyl (C=O) groups is 1. The number of benzene rings is 1. The SMILES string of the molecule is COc1cc(C)ccc1OCC(N)(C(N)=O)C1CC1. The first-order valence-corrected chi connectivity index (χ1v) is 6.33. The molecule has 1 saturated carbocycles. The number of aryl methyl sites for hydroxylation is 1. The molecular weight excluding hydrogens is 244 g/mol. The van der Waals surface area contributed by atoms with E-state index in [0.29, 0.717) is 11.5 Å². The molecule has 0 aromatic heterocycles. The number of rotatable bonds is 6. The van der Waals surface area contributed by atoms with Crippen LogP contribution in [0, 0.1) is 12.8 Å². The summed E-state index contributed by atoms with van der Waals surface area (Å²) in [7, 11) is 1.58. The van der Waals surface area contributed by atoms with Gasteiger partial charge in [0, 0.05) is 0 Å². The van der Waals surface area contributed by atoms with Crippen LogP contribution in [0.2, 0.25) is 0 Å². The maximum atomic E-state index is 11.5. The van der Waals surface area contributed by atoms with E-state index in [0.717, 1.165) is 18.4 Å². The molecule has 5 heteroatoms. The zero-order valence-corrected chi connectivity index (χ0v) is 11.3. The minimum absolute atomic E-state index is 0.0758. The predicted octanol–water partition coefficient (Wildman–Crippen LogP) is 0.975. The summed E-state index contributed by atoms with van der Waals surface area (Å²) in [6, 6.07) is 5.59. The van der Waals surface area contributed by atoms with Crippen molar-refractivity contribution in [2.45, 2.75) is 25.3 Å². The van der Waals surface area contributed by atoms with Gasteiger partial charge >= 0.3 is 0 Å². The standard InChI is InChI=1S/C14H20N2O3/c1-9-3-6-11(12(7-9)18-2)19-8-14(16,13(15)17)10-4-5-10/h3,6-7,10H,4-5,8,16H2,1-2H3,(H2,15,17). The molecule has 1 aliphatic carbocycles. The van der Waals surface area contributed by atoms with Gasteiger partial charge in [-0.2, -0.15) is 0 Å². The molecule has 4 N–H and O–H groups in total. The molecule has 19 heavy (non-hydrogen) atoms. The van der Waals surface area contributed by atoms with Crippen molar-refractivity contribution >= 4 is 5.91 Å². The van der Waals surface area contributed by atoms with Crippen LogP contribution in [0.5, 0.6) is 11.5 Å². The molecule has 0 aliphatic heterocycles. The van der Waals surface area contributed by atoms with E-state index < -0.39 is 11.4 Å². The van der Waals surface area contributed by atoms with Gasteiger partial charge in [-0.25, -0.2) is 0 Å². The molecular formula is C14H20N2O3. The molecule has 0 spiro atoms. The second-order valence-corrected chi connectivity index (χ2v) is 5.12. The number of hydrogen-bond donors (Lipinski definition) is 2. The van der Waals surface area contributed by atoms with Gasteiger partial charge in [0.1, 0.15) is 12.1 Å². The van der Waals surface area contributed by atoms with Gasteiger partial charge in [-0.15, -0.1) is 0 Å². The summed E-state index contributed by atoms with van der Waals surface area (Å²) in [5.74, 6) is 0.815. The molecule has 1 atom stereocenters. The third-order valence-electron chi connectivity index (χ3n) is 3.55. The Morgan fingerprint density at radius 2 is 2.11 bits per heavy atom. The first kappa shape index (κ1) is 13.7. The number of hydrogen-bond acceptors (Lipinski definition) is 4. The van der Waals surface area contributed by atoms with Gasteiger partial charge in [0.15, 0.2) is 11.5 Å². The maximum absolute atomic E-state index is 11.5. The Bertz CT molecular complexity index is 486. The number of methoxy groups -OCH3 is 1. The van der Waals surface area contributed by atoms with Gasteiger partial charge < -0.3 is 20.9 Å². The molecule has 0 heterocycles. The van der Waals surface area contributed by atoms with E-state index in [2.05, 4.69) is 0 Å². The van der Waals surface area contributed by atoms with Crippen LogP contribution in [-0.2, 0) is 4.79 Å². The lowest BCUT2D eigenvalue weighted by molar-refractivity contribution is -0.125. The fourth-order valence-corrected chi connectivity index (χ4v) is 2.08. The van der Waals surface area contributed by atoms with Gasteiger partial charge in [0.25, 0.3) is 0 Å². The second kappa shape index (κ2) is 5.09. The lowest BCUT2D eigenvalue weighted by Gasteiger charge is -2.26. The van der Waals surface area contributed by atoms with E-state index in [1.807, 2.05) is 25.1 Å². The fraction of sp³-hybridized carbons (Fsp3) is 0.500. The molecule has 1 aliphatic rings. The molecule has 1 fully saturated rings. The molecule has 5 nitrogen and oxygen atoms in total. The Morgan fingerprint density at radius 3 is 2.63 bits per heavy atom. The molecule has 1 amide bonds. The van der Waals surface area contributed by atoms with Gasteiger partial charge in [-0.3, -0.25) is 4.79 Å². The summed E-state index contributed by atoms with van der Waals surface area (Å²) in [5, 5.41) is 0. The summed E-state index contributed by atoms with van der Waals surface area (Å²) in [6.07, 6.45) is 1.85. The van der Waals surface area contributed by atoms with Crippen LogP contribution >= 0.6 is 0 Å². The van der Waals surface area contributed by atoms with Crippen LogP contribution in [0.3, 0.4) is 0 Å². The van der Waals surface area contributed by atoms with E-state index in [9.17, 15) is 4.79 Å². The van der Waals surface area contributed by atoms with E-state index in [1.165, 1.54) is 0 Å². The third-order valence-corrected chi connectivity index (χ3v) is 3.55. The predicted molar refractivity (Wildman–Crippen MR) is 72.1 cm³/mol. The lowest BCUT2D eigenvalue weighted by Crippen LogP contribution is -2.58. The molecule has 0 saturated heterocycles. The monoisotopic (exact) mass is 264 g/mol. The first-order chi connectivity index (χ1) is 8.97. The maximum Gasteiger partial charge on any atom is 0.241 e. The summed E-state index contributed by atoms with van der Waals surface area (Å²) in [4.78, 5) is 11.5. The second-order valence-electron chi connectivity index (χ2n) is 5.12. The van der Waals surface area contributed by atoms with Crippen molar-refractivity contribution in [2.24, 2.45) is 17.4 Å². The Balaban J connectivity index is 2.11. The zero-order chi connectivity index (χ0) is 14.0. The minimum atomic E-state index is -1.09. The Hall–Kier alpha value is -1.75. The van der Waals surface area contributed by atoms with Crippen molar-refractivity contribution in [2.75, 3.05) is 13.7 Å². The third kappa shape index (κ3) is 2.81. The van der Waals surface area contributed by atoms with Crippen molar-refractivity contribution in [1.29, 1.82) is 0 Å². The van der Waals surface area contributed by atoms with Crippen LogP contribution < -0.4 is 20.9 Å². The first-order valence-electron chi connectivity index (χ1n) is 6.33. The van der Waals surface area contributed by atoms with E-state index >= 15 is 0 Å². The van der Waals surface area contributed by atoms with E-state index in [4.69, 9.17) is 20.9 Å². The highest BCUT2D eigenvalue weighted by Crippen LogP contribution is 2.39.